The maximum absolute atomic E-state index is 13.1. The van der Waals surface area contributed by atoms with Gasteiger partial charge in [-0.3, -0.25) is 9.59 Å². The SMILES string of the molecule is O=C(NN=Cc1cccc(C=NNC(=O)c2ccc(NCc3ccc(F)cc3)cc2)c1)c1ccc(NCc2ccc(F)cc2)cc1. The van der Waals surface area contributed by atoms with Crippen molar-refractivity contribution in [2.75, 3.05) is 10.6 Å². The van der Waals surface area contributed by atoms with Crippen LogP contribution in [0.2, 0.25) is 0 Å². The molecule has 0 spiro atoms. The van der Waals surface area contributed by atoms with Crippen LogP contribution in [0.4, 0.5) is 20.2 Å². The summed E-state index contributed by atoms with van der Waals surface area (Å²) < 4.78 is 26.1. The molecule has 0 saturated heterocycles. The minimum Gasteiger partial charge on any atom is -0.381 e. The van der Waals surface area contributed by atoms with Crippen molar-refractivity contribution in [2.24, 2.45) is 10.2 Å². The average Bonchev–Trinajstić information content (AvgIpc) is 3.08. The molecule has 0 saturated carbocycles. The van der Waals surface area contributed by atoms with Gasteiger partial charge in [-0.25, -0.2) is 19.6 Å². The van der Waals surface area contributed by atoms with Gasteiger partial charge in [-0.1, -0.05) is 42.5 Å². The topological polar surface area (TPSA) is 107 Å². The Labute approximate surface area is 264 Å². The Morgan fingerprint density at radius 2 is 0.935 bits per heavy atom. The largest absolute Gasteiger partial charge is 0.381 e. The van der Waals surface area contributed by atoms with E-state index >= 15 is 0 Å². The van der Waals surface area contributed by atoms with E-state index in [1.54, 1.807) is 78.9 Å². The standard InChI is InChI=1S/C36H30F2N6O2/c37-31-12-4-25(5-13-31)21-39-33-16-8-29(9-17-33)35(45)43-41-23-27-2-1-3-28(20-27)24-42-44-36(46)30-10-18-34(19-11-30)40-22-26-6-14-32(38)15-7-26/h1-20,23-24,39-40H,21-22H2,(H,43,45)(H,44,46). The zero-order chi connectivity index (χ0) is 32.1. The van der Waals surface area contributed by atoms with Crippen LogP contribution in [0.1, 0.15) is 43.0 Å². The van der Waals surface area contributed by atoms with Crippen molar-refractivity contribution in [2.45, 2.75) is 13.1 Å². The fraction of sp³-hybridized carbons (Fsp3) is 0.0556. The molecule has 4 N–H and O–H groups in total. The number of nitrogens with zero attached hydrogens (tertiary/aromatic N) is 2. The van der Waals surface area contributed by atoms with Gasteiger partial charge < -0.3 is 10.6 Å². The normalized spacial score (nSPS) is 11.0. The van der Waals surface area contributed by atoms with Gasteiger partial charge in [-0.05, 0) is 101 Å². The molecule has 0 fully saturated rings. The van der Waals surface area contributed by atoms with Crippen LogP contribution >= 0.6 is 0 Å². The van der Waals surface area contributed by atoms with Gasteiger partial charge in [0, 0.05) is 35.6 Å². The summed E-state index contributed by atoms with van der Waals surface area (Å²) in [5.74, 6) is -1.28. The molecule has 0 aliphatic heterocycles. The highest BCUT2D eigenvalue weighted by atomic mass is 19.1. The lowest BCUT2D eigenvalue weighted by Crippen LogP contribution is -2.17. The highest BCUT2D eigenvalue weighted by Gasteiger charge is 2.06. The van der Waals surface area contributed by atoms with Crippen molar-refractivity contribution in [3.05, 3.63) is 166 Å². The molecule has 0 bridgehead atoms. The Hall–Kier alpha value is -6.16. The number of hydrazone groups is 2. The molecule has 0 aliphatic carbocycles. The first-order chi connectivity index (χ1) is 22.4. The van der Waals surface area contributed by atoms with Crippen molar-refractivity contribution < 1.29 is 18.4 Å². The third kappa shape index (κ3) is 9.42. The van der Waals surface area contributed by atoms with Crippen molar-refractivity contribution in [1.29, 1.82) is 0 Å². The Bertz CT molecular complexity index is 1690. The summed E-state index contributed by atoms with van der Waals surface area (Å²) in [6, 6.07) is 33.6. The smallest absolute Gasteiger partial charge is 0.271 e. The average molecular weight is 617 g/mol. The third-order valence-electron chi connectivity index (χ3n) is 6.78. The number of nitrogens with one attached hydrogen (secondary N) is 4. The number of amides is 2. The number of benzene rings is 5. The second-order valence-corrected chi connectivity index (χ2v) is 10.2. The van der Waals surface area contributed by atoms with E-state index in [1.807, 2.05) is 18.2 Å². The minimum absolute atomic E-state index is 0.279. The summed E-state index contributed by atoms with van der Waals surface area (Å²) in [6.07, 6.45) is 3.02. The molecule has 46 heavy (non-hydrogen) atoms. The van der Waals surface area contributed by atoms with Gasteiger partial charge in [0.1, 0.15) is 11.6 Å². The van der Waals surface area contributed by atoms with Gasteiger partial charge in [0.05, 0.1) is 12.4 Å². The zero-order valence-electron chi connectivity index (χ0n) is 24.6. The first-order valence-corrected chi connectivity index (χ1v) is 14.3. The first kappa shape index (κ1) is 31.3. The zero-order valence-corrected chi connectivity index (χ0v) is 24.6. The van der Waals surface area contributed by atoms with Crippen LogP contribution in [0.25, 0.3) is 0 Å². The molecule has 0 unspecified atom stereocenters. The van der Waals surface area contributed by atoms with Crippen LogP contribution in [-0.2, 0) is 13.1 Å². The van der Waals surface area contributed by atoms with Crippen LogP contribution in [0.5, 0.6) is 0 Å². The quantitative estimate of drug-likeness (QED) is 0.0923. The van der Waals surface area contributed by atoms with E-state index in [0.29, 0.717) is 24.2 Å². The summed E-state index contributed by atoms with van der Waals surface area (Å²) >= 11 is 0. The number of rotatable bonds is 12. The summed E-state index contributed by atoms with van der Waals surface area (Å²) in [4.78, 5) is 25.0. The highest BCUT2D eigenvalue weighted by molar-refractivity contribution is 5.96. The number of carbonyl (C=O) groups excluding carboxylic acids is 2. The molecule has 5 aromatic rings. The maximum atomic E-state index is 13.1. The Morgan fingerprint density at radius 3 is 1.33 bits per heavy atom. The van der Waals surface area contributed by atoms with E-state index in [-0.39, 0.29) is 23.4 Å². The second-order valence-electron chi connectivity index (χ2n) is 10.2. The van der Waals surface area contributed by atoms with Gasteiger partial charge in [0.2, 0.25) is 0 Å². The van der Waals surface area contributed by atoms with E-state index in [1.165, 1.54) is 36.7 Å². The summed E-state index contributed by atoms with van der Waals surface area (Å²) in [5, 5.41) is 14.6. The summed E-state index contributed by atoms with van der Waals surface area (Å²) in [5.41, 5.74) is 10.9. The van der Waals surface area contributed by atoms with Gasteiger partial charge >= 0.3 is 0 Å². The van der Waals surface area contributed by atoms with E-state index in [0.717, 1.165) is 33.6 Å². The maximum Gasteiger partial charge on any atom is 0.271 e. The molecule has 0 aromatic heterocycles. The monoisotopic (exact) mass is 616 g/mol. The van der Waals surface area contributed by atoms with Crippen molar-refractivity contribution in [1.82, 2.24) is 10.9 Å². The molecule has 8 nitrogen and oxygen atoms in total. The predicted octanol–water partition coefficient (Wildman–Crippen LogP) is 6.72. The fourth-order valence-corrected chi connectivity index (χ4v) is 4.27. The minimum atomic E-state index is -0.363. The Kier molecular flexibility index (Phi) is 10.6. The molecule has 0 radical (unpaired) electrons. The lowest BCUT2D eigenvalue weighted by Gasteiger charge is -2.07. The van der Waals surface area contributed by atoms with E-state index in [4.69, 9.17) is 0 Å². The fourth-order valence-electron chi connectivity index (χ4n) is 4.27. The second kappa shape index (κ2) is 15.5. The number of carbonyl (C=O) groups is 2. The van der Waals surface area contributed by atoms with Crippen LogP contribution in [-0.4, -0.2) is 24.2 Å². The molecule has 230 valence electrons. The number of hydrogen-bond acceptors (Lipinski definition) is 6. The molecule has 10 heteroatoms. The van der Waals surface area contributed by atoms with E-state index in [9.17, 15) is 18.4 Å². The van der Waals surface area contributed by atoms with Crippen LogP contribution in [0.3, 0.4) is 0 Å². The van der Waals surface area contributed by atoms with Gasteiger partial charge in [-0.2, -0.15) is 10.2 Å². The van der Waals surface area contributed by atoms with Gasteiger partial charge in [0.25, 0.3) is 11.8 Å². The van der Waals surface area contributed by atoms with Gasteiger partial charge in [-0.15, -0.1) is 0 Å². The van der Waals surface area contributed by atoms with Crippen LogP contribution < -0.4 is 21.5 Å². The Morgan fingerprint density at radius 1 is 0.543 bits per heavy atom. The van der Waals surface area contributed by atoms with Crippen molar-refractivity contribution in [3.8, 4) is 0 Å². The lowest BCUT2D eigenvalue weighted by molar-refractivity contribution is 0.0947. The van der Waals surface area contributed by atoms with Gasteiger partial charge in [0.15, 0.2) is 0 Å². The molecule has 0 atom stereocenters. The molecule has 0 aliphatic rings. The first-order valence-electron chi connectivity index (χ1n) is 14.3. The molecular weight excluding hydrogens is 586 g/mol. The summed E-state index contributed by atoms with van der Waals surface area (Å²) in [6.45, 7) is 1.06. The molecule has 2 amide bonds. The summed E-state index contributed by atoms with van der Waals surface area (Å²) in [7, 11) is 0. The van der Waals surface area contributed by atoms with Crippen LogP contribution in [0.15, 0.2) is 132 Å². The molecule has 5 rings (SSSR count). The predicted molar refractivity (Wildman–Crippen MR) is 177 cm³/mol. The van der Waals surface area contributed by atoms with Crippen LogP contribution in [0, 0.1) is 11.6 Å². The number of halogens is 2. The Balaban J connectivity index is 1.06. The highest BCUT2D eigenvalue weighted by Crippen LogP contribution is 2.13. The number of hydrogen-bond donors (Lipinski definition) is 4. The molecular formula is C36H30F2N6O2. The van der Waals surface area contributed by atoms with Crippen molar-refractivity contribution >= 4 is 35.6 Å². The van der Waals surface area contributed by atoms with E-state index in [2.05, 4.69) is 31.7 Å². The van der Waals surface area contributed by atoms with E-state index < -0.39 is 0 Å². The lowest BCUT2D eigenvalue weighted by atomic mass is 10.1. The third-order valence-corrected chi connectivity index (χ3v) is 6.78. The molecule has 5 aromatic carbocycles. The number of anilines is 2. The molecule has 0 heterocycles. The van der Waals surface area contributed by atoms with Crippen molar-refractivity contribution in [3.63, 3.8) is 0 Å².